The van der Waals surface area contributed by atoms with Crippen LogP contribution in [0.5, 0.6) is 0 Å². The first-order chi connectivity index (χ1) is 7.18. The second-order valence-corrected chi connectivity index (χ2v) is 4.28. The van der Waals surface area contributed by atoms with Crippen LogP contribution in [0.25, 0.3) is 0 Å². The fourth-order valence-corrected chi connectivity index (χ4v) is 2.05. The first-order valence-corrected chi connectivity index (χ1v) is 5.36. The number of piperidine rings is 1. The van der Waals surface area contributed by atoms with Crippen molar-refractivity contribution in [3.63, 3.8) is 0 Å². The van der Waals surface area contributed by atoms with Crippen LogP contribution in [0.2, 0.25) is 0 Å². The van der Waals surface area contributed by atoms with Gasteiger partial charge in [-0.15, -0.1) is 12.4 Å². The van der Waals surface area contributed by atoms with E-state index in [4.69, 9.17) is 0 Å². The van der Waals surface area contributed by atoms with E-state index in [1.54, 1.807) is 12.1 Å². The molecule has 0 atom stereocenters. The van der Waals surface area contributed by atoms with Gasteiger partial charge >= 0.3 is 0 Å². The highest BCUT2D eigenvalue weighted by atomic mass is 35.5. The fraction of sp³-hybridized carbons (Fsp3) is 0.500. The molecule has 1 aliphatic rings. The zero-order valence-electron chi connectivity index (χ0n) is 9.08. The predicted molar refractivity (Wildman–Crippen MR) is 64.4 cm³/mol. The number of hydrogen-bond acceptors (Lipinski definition) is 2. The van der Waals surface area contributed by atoms with Crippen LogP contribution in [-0.4, -0.2) is 23.8 Å². The van der Waals surface area contributed by atoms with E-state index < -0.39 is 5.60 Å². The maximum absolute atomic E-state index is 12.7. The third-order valence-corrected chi connectivity index (χ3v) is 2.98. The Hall–Kier alpha value is -0.640. The molecule has 1 heterocycles. The topological polar surface area (TPSA) is 32.3 Å². The molecule has 4 heteroatoms. The van der Waals surface area contributed by atoms with Crippen LogP contribution in [0, 0.1) is 5.82 Å². The lowest BCUT2D eigenvalue weighted by atomic mass is 9.86. The summed E-state index contributed by atoms with van der Waals surface area (Å²) in [6, 6.07) is 6.38. The van der Waals surface area contributed by atoms with Crippen LogP contribution in [0.1, 0.15) is 18.4 Å². The summed E-state index contributed by atoms with van der Waals surface area (Å²) in [4.78, 5) is 0. The summed E-state index contributed by atoms with van der Waals surface area (Å²) in [5, 5.41) is 13.5. The number of aliphatic hydroxyl groups is 1. The third kappa shape index (κ3) is 3.44. The van der Waals surface area contributed by atoms with Gasteiger partial charge < -0.3 is 10.4 Å². The maximum atomic E-state index is 12.7. The average molecular weight is 246 g/mol. The van der Waals surface area contributed by atoms with Crippen molar-refractivity contribution in [1.82, 2.24) is 5.32 Å². The lowest BCUT2D eigenvalue weighted by Gasteiger charge is -2.32. The Morgan fingerprint density at radius 2 is 1.75 bits per heavy atom. The van der Waals surface area contributed by atoms with Crippen molar-refractivity contribution < 1.29 is 9.50 Å². The van der Waals surface area contributed by atoms with Crippen LogP contribution in [0.15, 0.2) is 24.3 Å². The van der Waals surface area contributed by atoms with Gasteiger partial charge in [-0.2, -0.15) is 0 Å². The minimum Gasteiger partial charge on any atom is -0.389 e. The second kappa shape index (κ2) is 5.62. The molecule has 1 aromatic carbocycles. The van der Waals surface area contributed by atoms with Gasteiger partial charge in [-0.3, -0.25) is 0 Å². The van der Waals surface area contributed by atoms with Crippen LogP contribution in [-0.2, 0) is 6.42 Å². The number of rotatable bonds is 2. The van der Waals surface area contributed by atoms with Crippen LogP contribution < -0.4 is 5.32 Å². The summed E-state index contributed by atoms with van der Waals surface area (Å²) in [6.07, 6.45) is 2.16. The van der Waals surface area contributed by atoms with Crippen molar-refractivity contribution in [2.24, 2.45) is 0 Å². The number of benzene rings is 1. The molecule has 0 bridgehead atoms. The zero-order chi connectivity index (χ0) is 10.7. The normalized spacial score (nSPS) is 18.9. The molecule has 2 N–H and O–H groups in total. The van der Waals surface area contributed by atoms with Crippen molar-refractivity contribution in [3.8, 4) is 0 Å². The number of halogens is 2. The van der Waals surface area contributed by atoms with Crippen molar-refractivity contribution in [3.05, 3.63) is 35.6 Å². The smallest absolute Gasteiger partial charge is 0.123 e. The lowest BCUT2D eigenvalue weighted by Crippen LogP contribution is -2.43. The molecular weight excluding hydrogens is 229 g/mol. The molecule has 0 radical (unpaired) electrons. The minimum absolute atomic E-state index is 0. The molecule has 2 rings (SSSR count). The van der Waals surface area contributed by atoms with E-state index in [1.165, 1.54) is 12.1 Å². The molecule has 0 aromatic heterocycles. The Balaban J connectivity index is 0.00000128. The molecule has 1 aliphatic heterocycles. The first-order valence-electron chi connectivity index (χ1n) is 5.36. The average Bonchev–Trinajstić information content (AvgIpc) is 2.22. The summed E-state index contributed by atoms with van der Waals surface area (Å²) in [6.45, 7) is 1.72. The molecule has 0 amide bonds. The van der Waals surface area contributed by atoms with Gasteiger partial charge in [-0.1, -0.05) is 12.1 Å². The molecule has 0 saturated carbocycles. The maximum Gasteiger partial charge on any atom is 0.123 e. The molecule has 0 aliphatic carbocycles. The van der Waals surface area contributed by atoms with E-state index >= 15 is 0 Å². The quantitative estimate of drug-likeness (QED) is 0.834. The largest absolute Gasteiger partial charge is 0.389 e. The molecule has 1 aromatic rings. The monoisotopic (exact) mass is 245 g/mol. The van der Waals surface area contributed by atoms with E-state index in [0.717, 1.165) is 31.5 Å². The van der Waals surface area contributed by atoms with Crippen molar-refractivity contribution in [1.29, 1.82) is 0 Å². The Morgan fingerprint density at radius 1 is 1.19 bits per heavy atom. The van der Waals surface area contributed by atoms with Gasteiger partial charge in [-0.05, 0) is 43.6 Å². The standard InChI is InChI=1S/C12H16FNO.ClH/c13-11-3-1-10(2-4-11)9-12(15)5-7-14-8-6-12;/h1-4,14-15H,5-9H2;1H. The van der Waals surface area contributed by atoms with E-state index in [9.17, 15) is 9.50 Å². The molecule has 0 spiro atoms. The van der Waals surface area contributed by atoms with Gasteiger partial charge in [0.25, 0.3) is 0 Å². The molecule has 16 heavy (non-hydrogen) atoms. The molecule has 2 nitrogen and oxygen atoms in total. The van der Waals surface area contributed by atoms with Crippen molar-refractivity contribution in [2.75, 3.05) is 13.1 Å². The first kappa shape index (κ1) is 13.4. The van der Waals surface area contributed by atoms with Gasteiger partial charge in [0.1, 0.15) is 5.82 Å². The Morgan fingerprint density at radius 3 is 2.31 bits per heavy atom. The highest BCUT2D eigenvalue weighted by molar-refractivity contribution is 5.85. The summed E-state index contributed by atoms with van der Waals surface area (Å²) in [7, 11) is 0. The molecule has 1 saturated heterocycles. The fourth-order valence-electron chi connectivity index (χ4n) is 2.05. The summed E-state index contributed by atoms with van der Waals surface area (Å²) >= 11 is 0. The van der Waals surface area contributed by atoms with Crippen LogP contribution in [0.4, 0.5) is 4.39 Å². The number of hydrogen-bond donors (Lipinski definition) is 2. The Bertz CT molecular complexity index is 322. The second-order valence-electron chi connectivity index (χ2n) is 4.28. The van der Waals surface area contributed by atoms with Gasteiger partial charge in [0.15, 0.2) is 0 Å². The predicted octanol–water partition coefficient (Wildman–Crippen LogP) is 1.90. The van der Waals surface area contributed by atoms with E-state index in [2.05, 4.69) is 5.32 Å². The van der Waals surface area contributed by atoms with Crippen LogP contribution in [0.3, 0.4) is 0 Å². The Kier molecular flexibility index (Phi) is 4.71. The van der Waals surface area contributed by atoms with E-state index in [1.807, 2.05) is 0 Å². The number of nitrogens with one attached hydrogen (secondary N) is 1. The van der Waals surface area contributed by atoms with E-state index in [-0.39, 0.29) is 18.2 Å². The summed E-state index contributed by atoms with van der Waals surface area (Å²) in [5.74, 6) is -0.226. The third-order valence-electron chi connectivity index (χ3n) is 2.98. The highest BCUT2D eigenvalue weighted by Crippen LogP contribution is 2.23. The Labute approximate surface area is 101 Å². The molecule has 0 unspecified atom stereocenters. The van der Waals surface area contributed by atoms with Crippen molar-refractivity contribution in [2.45, 2.75) is 24.9 Å². The summed E-state index contributed by atoms with van der Waals surface area (Å²) in [5.41, 5.74) is 0.393. The molecular formula is C12H17ClFNO. The van der Waals surface area contributed by atoms with Gasteiger partial charge in [0.2, 0.25) is 0 Å². The van der Waals surface area contributed by atoms with E-state index in [0.29, 0.717) is 6.42 Å². The highest BCUT2D eigenvalue weighted by Gasteiger charge is 2.28. The lowest BCUT2D eigenvalue weighted by molar-refractivity contribution is 0.0108. The van der Waals surface area contributed by atoms with Crippen LogP contribution >= 0.6 is 12.4 Å². The van der Waals surface area contributed by atoms with Gasteiger partial charge in [0.05, 0.1) is 5.60 Å². The molecule has 90 valence electrons. The zero-order valence-corrected chi connectivity index (χ0v) is 9.89. The SMILES string of the molecule is Cl.OC1(Cc2ccc(F)cc2)CCNCC1. The summed E-state index contributed by atoms with van der Waals surface area (Å²) < 4.78 is 12.7. The van der Waals surface area contributed by atoms with Crippen molar-refractivity contribution >= 4 is 12.4 Å². The minimum atomic E-state index is -0.608. The van der Waals surface area contributed by atoms with Gasteiger partial charge in [-0.25, -0.2) is 4.39 Å². The molecule has 1 fully saturated rings. The van der Waals surface area contributed by atoms with Gasteiger partial charge in [0, 0.05) is 6.42 Å².